The largest absolute Gasteiger partial charge is 0.452 e. The van der Waals surface area contributed by atoms with Gasteiger partial charge in [-0.2, -0.15) is 21.0 Å². The molecule has 0 saturated heterocycles. The van der Waals surface area contributed by atoms with Gasteiger partial charge in [-0.25, -0.2) is 0 Å². The Kier molecular flexibility index (Phi) is 15.3. The average Bonchev–Trinajstić information content (AvgIpc) is 3.44. The summed E-state index contributed by atoms with van der Waals surface area (Å²) in [5.74, 6) is 19.2. The van der Waals surface area contributed by atoms with Gasteiger partial charge in [0.15, 0.2) is 0 Å². The third-order valence-corrected chi connectivity index (χ3v) is 27.0. The zero-order valence-corrected chi connectivity index (χ0v) is 53.9. The van der Waals surface area contributed by atoms with Crippen molar-refractivity contribution < 1.29 is 9.47 Å². The fraction of sp³-hybridized carbons (Fsp3) is 0.806. The van der Waals surface area contributed by atoms with Crippen LogP contribution >= 0.6 is 21.0 Å². The van der Waals surface area contributed by atoms with E-state index in [4.69, 9.17) is 21.2 Å². The summed E-state index contributed by atoms with van der Waals surface area (Å²) in [6.07, 6.45) is 28.3. The van der Waals surface area contributed by atoms with E-state index in [-0.39, 0.29) is 42.6 Å². The van der Waals surface area contributed by atoms with Crippen molar-refractivity contribution in [3.8, 4) is 11.5 Å². The number of rotatable bonds is 10. The first kappa shape index (κ1) is 57.7. The second-order valence-corrected chi connectivity index (χ2v) is 37.8. The van der Waals surface area contributed by atoms with E-state index in [0.29, 0.717) is 61.7 Å². The van der Waals surface area contributed by atoms with Crippen molar-refractivity contribution in [2.45, 2.75) is 302 Å². The van der Waals surface area contributed by atoms with Crippen molar-refractivity contribution >= 4 is 32.7 Å². The number of ether oxygens (including phenoxy) is 2. The first-order valence-corrected chi connectivity index (χ1v) is 35.3. The second kappa shape index (κ2) is 20.1. The van der Waals surface area contributed by atoms with E-state index in [1.54, 1.807) is 11.1 Å². The van der Waals surface area contributed by atoms with Gasteiger partial charge in [0.2, 0.25) is 5.79 Å². The summed E-state index contributed by atoms with van der Waals surface area (Å²) in [6, 6.07) is 10.8. The molecule has 9 aliphatic carbocycles. The minimum Gasteiger partial charge on any atom is -0.452 e. The van der Waals surface area contributed by atoms with Gasteiger partial charge >= 0.3 is 0 Å². The highest BCUT2D eigenvalue weighted by Crippen LogP contribution is 2.76. The Labute approximate surface area is 473 Å². The first-order chi connectivity index (χ1) is 35.3. The molecule has 9 fully saturated rings. The van der Waals surface area contributed by atoms with Crippen LogP contribution in [0.1, 0.15) is 286 Å². The van der Waals surface area contributed by atoms with E-state index < -0.39 is 5.79 Å². The molecule has 9 saturated carbocycles. The molecule has 2 aromatic carbocycles. The van der Waals surface area contributed by atoms with Crippen molar-refractivity contribution in [1.29, 1.82) is 0 Å². The van der Waals surface area contributed by atoms with Crippen LogP contribution in [0, 0.1) is 63.1 Å². The van der Waals surface area contributed by atoms with Crippen molar-refractivity contribution in [2.75, 3.05) is 0 Å². The molecule has 0 radical (unpaired) electrons. The number of fused-ring (bicyclic) bond motifs is 3. The van der Waals surface area contributed by atoms with Crippen molar-refractivity contribution in [3.05, 3.63) is 57.6 Å². The summed E-state index contributed by atoms with van der Waals surface area (Å²) in [5, 5.41) is 1.11. The van der Waals surface area contributed by atoms with Crippen molar-refractivity contribution in [1.82, 2.24) is 0 Å². The van der Waals surface area contributed by atoms with Crippen LogP contribution in [0.4, 0.5) is 0 Å². The monoisotopic (exact) mass is 1070 g/mol. The van der Waals surface area contributed by atoms with Crippen LogP contribution < -0.4 is 9.47 Å². The molecule has 8 bridgehead atoms. The Morgan fingerprint density at radius 2 is 0.908 bits per heavy atom. The van der Waals surface area contributed by atoms with Gasteiger partial charge in [-0.3, -0.25) is 0 Å². The minimum atomic E-state index is -0.927. The Bertz CT molecular complexity index is 2490. The topological polar surface area (TPSA) is 18.5 Å². The molecule has 10 aliphatic rings. The SMILES string of the molecule is C=S1Cc2cc(C(C)(C)C)cc(C34CC5CC(CC(C)C)(CC(CC(C)C)(C5)C3)C4)c2OC(C)(C)Oc2c(cc(C(C)(C)C)cc2C23CC4CC(CC(C)C)(C2)CC(C(C)C(C)C)(C4)C3)CS(=C)C2CCCCCCC21. The molecule has 2 aromatic rings. The molecule has 0 amide bonds. The molecule has 0 spiro atoms. The Balaban J connectivity index is 1.22. The van der Waals surface area contributed by atoms with E-state index in [1.165, 1.54) is 169 Å². The van der Waals surface area contributed by atoms with Crippen molar-refractivity contribution in [3.63, 3.8) is 0 Å². The maximum Gasteiger partial charge on any atom is 0.245 e. The Morgan fingerprint density at radius 3 is 1.30 bits per heavy atom. The highest BCUT2D eigenvalue weighted by atomic mass is 32.2. The number of hydrogen-bond acceptors (Lipinski definition) is 2. The Hall–Kier alpha value is -1.52. The molecule has 1 aliphatic heterocycles. The third-order valence-electron chi connectivity index (χ3n) is 22.6. The van der Waals surface area contributed by atoms with Crippen LogP contribution in [-0.2, 0) is 33.2 Å². The molecule has 4 heteroatoms. The number of benzene rings is 2. The zero-order valence-electron chi connectivity index (χ0n) is 52.3. The van der Waals surface area contributed by atoms with Crippen LogP contribution in [0.25, 0.3) is 0 Å². The second-order valence-electron chi connectivity index (χ2n) is 33.8. The van der Waals surface area contributed by atoms with Gasteiger partial charge in [-0.05, 0) is 194 Å². The normalized spacial score (nSPS) is 38.6. The summed E-state index contributed by atoms with van der Waals surface area (Å²) in [7, 11) is -0.205. The molecular formula is C72H114O2S2. The third kappa shape index (κ3) is 10.9. The van der Waals surface area contributed by atoms with E-state index in [2.05, 4.69) is 142 Å². The van der Waals surface area contributed by atoms with Gasteiger partial charge in [0.05, 0.1) is 0 Å². The van der Waals surface area contributed by atoms with Gasteiger partial charge in [-0.15, -0.1) is 0 Å². The lowest BCUT2D eigenvalue weighted by molar-refractivity contribution is -0.162. The lowest BCUT2D eigenvalue weighted by Crippen LogP contribution is -2.61. The average molecular weight is 1080 g/mol. The van der Waals surface area contributed by atoms with Crippen LogP contribution in [0.2, 0.25) is 0 Å². The summed E-state index contributed by atoms with van der Waals surface area (Å²) >= 11 is 0. The fourth-order valence-corrected chi connectivity index (χ4v) is 26.2. The molecule has 0 N–H and O–H groups in total. The maximum absolute atomic E-state index is 8.21. The lowest BCUT2D eigenvalue weighted by atomic mass is 9.35. The van der Waals surface area contributed by atoms with E-state index in [0.717, 1.165) is 23.3 Å². The molecule has 1 heterocycles. The number of hydrogen-bond donors (Lipinski definition) is 0. The molecule has 76 heavy (non-hydrogen) atoms. The first-order valence-electron chi connectivity index (χ1n) is 32.0. The molecular weight excluding hydrogens is 961 g/mol. The molecule has 2 nitrogen and oxygen atoms in total. The lowest BCUT2D eigenvalue weighted by Gasteiger charge is -2.69. The van der Waals surface area contributed by atoms with E-state index >= 15 is 0 Å². The molecule has 12 rings (SSSR count). The highest BCUT2D eigenvalue weighted by molar-refractivity contribution is 8.17. The Morgan fingerprint density at radius 1 is 0.513 bits per heavy atom. The predicted octanol–water partition coefficient (Wildman–Crippen LogP) is 20.8. The highest BCUT2D eigenvalue weighted by Gasteiger charge is 2.67. The van der Waals surface area contributed by atoms with Gasteiger partial charge in [-0.1, -0.05) is 166 Å². The maximum atomic E-state index is 8.21. The molecule has 11 unspecified atom stereocenters. The smallest absolute Gasteiger partial charge is 0.245 e. The fourth-order valence-electron chi connectivity index (χ4n) is 21.5. The van der Waals surface area contributed by atoms with E-state index in [1.807, 2.05) is 0 Å². The summed E-state index contributed by atoms with van der Waals surface area (Å²) < 4.78 is 16.4. The quantitative estimate of drug-likeness (QED) is 0.221. The predicted molar refractivity (Wildman–Crippen MR) is 336 cm³/mol. The van der Waals surface area contributed by atoms with Gasteiger partial charge < -0.3 is 9.47 Å². The summed E-state index contributed by atoms with van der Waals surface area (Å²) in [6.45, 7) is 42.3. The van der Waals surface area contributed by atoms with Crippen LogP contribution in [0.15, 0.2) is 24.3 Å². The van der Waals surface area contributed by atoms with Gasteiger partial charge in [0.1, 0.15) is 11.5 Å². The standard InChI is InChI=1S/C72H114O2S2/c1-47(2)30-67-33-52-34-68(41-67,31-48(3)4)44-71(37-52,43-67)58-28-56(64(10,11)12)26-54-39-75(18)60-24-22-20-21-23-25-61(60)76(19)40-55-27-57(65(13,14)15)29-59(63(55)74-66(16,17)73-62(54)58)72-38-53-35-69(45-72,32-49(5)6)42-70(36-53,46-72)51(9)50(7)8/h26-29,47-53,60-61H,18-25,30-46H2,1-17H3. The zero-order chi connectivity index (χ0) is 55.0. The molecule has 426 valence electrons. The van der Waals surface area contributed by atoms with Crippen LogP contribution in [-0.4, -0.2) is 28.0 Å². The van der Waals surface area contributed by atoms with Crippen LogP contribution in [0.3, 0.4) is 0 Å². The summed E-state index contributed by atoms with van der Waals surface area (Å²) in [5.41, 5.74) is 10.6. The molecule has 11 atom stereocenters. The van der Waals surface area contributed by atoms with E-state index in [9.17, 15) is 0 Å². The van der Waals surface area contributed by atoms with Crippen LogP contribution in [0.5, 0.6) is 11.5 Å². The van der Waals surface area contributed by atoms with Gasteiger partial charge in [0, 0.05) is 68.9 Å². The summed E-state index contributed by atoms with van der Waals surface area (Å²) in [4.78, 5) is 0. The van der Waals surface area contributed by atoms with Gasteiger partial charge in [0.25, 0.3) is 0 Å². The minimum absolute atomic E-state index is 0.000684. The molecule has 0 aromatic heterocycles. The van der Waals surface area contributed by atoms with Crippen molar-refractivity contribution in [2.24, 2.45) is 63.1 Å².